The first-order chi connectivity index (χ1) is 14.2. The Morgan fingerprint density at radius 2 is 1.83 bits per heavy atom. The van der Waals surface area contributed by atoms with Gasteiger partial charge in [-0.05, 0) is 30.3 Å². The molecule has 3 rings (SSSR count). The molecular weight excluding hydrogens is 422 g/mol. The fraction of sp³-hybridized carbons (Fsp3) is 0.0526. The molecule has 0 aliphatic heterocycles. The number of aromatic carboxylic acids is 1. The van der Waals surface area contributed by atoms with Crippen LogP contribution in [0.2, 0.25) is 5.02 Å². The fourth-order valence-electron chi connectivity index (χ4n) is 2.52. The van der Waals surface area contributed by atoms with E-state index in [1.165, 1.54) is 36.2 Å². The van der Waals surface area contributed by atoms with Crippen molar-refractivity contribution < 1.29 is 28.3 Å². The van der Waals surface area contributed by atoms with Crippen LogP contribution in [0.25, 0.3) is 0 Å². The van der Waals surface area contributed by atoms with Crippen LogP contribution in [-0.2, 0) is 0 Å². The van der Waals surface area contributed by atoms with Gasteiger partial charge in [-0.15, -0.1) is 0 Å². The molecule has 2 aromatic carbocycles. The standard InChI is InChI=1S/C19H13ClF2N4O4/c1-26(10-4-2-3-9(5-10)19(29)30)18(28)15-8-16(25-24-15)23-17(27)11-6-13(21)14(22)7-12(11)20/h2-8H,1H3,(H,29,30)(H2,23,24,25,27). The van der Waals surface area contributed by atoms with Crippen molar-refractivity contribution in [3.8, 4) is 0 Å². The Morgan fingerprint density at radius 3 is 2.53 bits per heavy atom. The monoisotopic (exact) mass is 434 g/mol. The number of rotatable bonds is 5. The summed E-state index contributed by atoms with van der Waals surface area (Å²) in [6.07, 6.45) is 0. The highest BCUT2D eigenvalue weighted by Gasteiger charge is 2.20. The molecule has 11 heteroatoms. The lowest BCUT2D eigenvalue weighted by molar-refractivity contribution is 0.0696. The minimum absolute atomic E-state index is 0.00513. The molecule has 3 aromatic rings. The molecule has 0 radical (unpaired) electrons. The van der Waals surface area contributed by atoms with E-state index in [1.54, 1.807) is 6.07 Å². The van der Waals surface area contributed by atoms with Crippen molar-refractivity contribution in [1.82, 2.24) is 10.2 Å². The van der Waals surface area contributed by atoms with E-state index in [1.807, 2.05) is 0 Å². The summed E-state index contributed by atoms with van der Waals surface area (Å²) in [7, 11) is 1.43. The summed E-state index contributed by atoms with van der Waals surface area (Å²) < 4.78 is 26.5. The number of anilines is 2. The molecule has 30 heavy (non-hydrogen) atoms. The van der Waals surface area contributed by atoms with E-state index in [9.17, 15) is 23.2 Å². The molecule has 1 aromatic heterocycles. The summed E-state index contributed by atoms with van der Waals surface area (Å²) in [6.45, 7) is 0. The topological polar surface area (TPSA) is 115 Å². The van der Waals surface area contributed by atoms with Gasteiger partial charge in [0.1, 0.15) is 5.82 Å². The Labute approximate surface area is 173 Å². The Kier molecular flexibility index (Phi) is 5.79. The first-order valence-electron chi connectivity index (χ1n) is 8.30. The van der Waals surface area contributed by atoms with Crippen molar-refractivity contribution in [2.24, 2.45) is 0 Å². The van der Waals surface area contributed by atoms with Gasteiger partial charge in [-0.1, -0.05) is 17.7 Å². The van der Waals surface area contributed by atoms with E-state index in [-0.39, 0.29) is 27.7 Å². The molecule has 0 bridgehead atoms. The minimum Gasteiger partial charge on any atom is -0.478 e. The van der Waals surface area contributed by atoms with E-state index >= 15 is 0 Å². The molecule has 154 valence electrons. The van der Waals surface area contributed by atoms with Crippen molar-refractivity contribution in [2.45, 2.75) is 0 Å². The Morgan fingerprint density at radius 1 is 1.13 bits per heavy atom. The van der Waals surface area contributed by atoms with Gasteiger partial charge >= 0.3 is 5.97 Å². The number of carbonyl (C=O) groups excluding carboxylic acids is 2. The molecule has 0 atom stereocenters. The number of nitrogens with one attached hydrogen (secondary N) is 2. The third-order valence-electron chi connectivity index (χ3n) is 4.08. The van der Waals surface area contributed by atoms with Crippen LogP contribution in [0.5, 0.6) is 0 Å². The van der Waals surface area contributed by atoms with Gasteiger partial charge < -0.3 is 15.3 Å². The number of aromatic amines is 1. The molecule has 0 spiro atoms. The number of halogens is 3. The van der Waals surface area contributed by atoms with Crippen molar-refractivity contribution >= 4 is 40.9 Å². The first kappa shape index (κ1) is 20.9. The highest BCUT2D eigenvalue weighted by atomic mass is 35.5. The quantitative estimate of drug-likeness (QED) is 0.531. The van der Waals surface area contributed by atoms with Crippen LogP contribution in [0.15, 0.2) is 42.5 Å². The number of carboxylic acids is 1. The Hall–Kier alpha value is -3.79. The maximum atomic E-state index is 13.4. The lowest BCUT2D eigenvalue weighted by Crippen LogP contribution is -2.26. The summed E-state index contributed by atoms with van der Waals surface area (Å²) >= 11 is 5.77. The number of aromatic nitrogens is 2. The van der Waals surface area contributed by atoms with Gasteiger partial charge in [0.2, 0.25) is 0 Å². The number of carboxylic acid groups (broad SMARTS) is 1. The second kappa shape index (κ2) is 8.29. The van der Waals surface area contributed by atoms with Crippen LogP contribution < -0.4 is 10.2 Å². The lowest BCUT2D eigenvalue weighted by Gasteiger charge is -2.16. The summed E-state index contributed by atoms with van der Waals surface area (Å²) in [5, 5.41) is 17.4. The number of nitrogens with zero attached hydrogens (tertiary/aromatic N) is 2. The first-order valence-corrected chi connectivity index (χ1v) is 8.68. The second-order valence-electron chi connectivity index (χ2n) is 6.09. The predicted molar refractivity (Wildman–Crippen MR) is 104 cm³/mol. The highest BCUT2D eigenvalue weighted by molar-refractivity contribution is 6.34. The maximum Gasteiger partial charge on any atom is 0.335 e. The number of H-pyrrole nitrogens is 1. The highest BCUT2D eigenvalue weighted by Crippen LogP contribution is 2.22. The molecular formula is C19H13ClF2N4O4. The molecule has 3 N–H and O–H groups in total. The van der Waals surface area contributed by atoms with Gasteiger partial charge in [0, 0.05) is 18.8 Å². The fourth-order valence-corrected chi connectivity index (χ4v) is 2.75. The zero-order valence-electron chi connectivity index (χ0n) is 15.2. The molecule has 0 saturated heterocycles. The van der Waals surface area contributed by atoms with E-state index in [2.05, 4.69) is 15.5 Å². The lowest BCUT2D eigenvalue weighted by atomic mass is 10.2. The predicted octanol–water partition coefficient (Wildman–Crippen LogP) is 3.57. The van der Waals surface area contributed by atoms with Crippen LogP contribution in [0.4, 0.5) is 20.3 Å². The zero-order valence-corrected chi connectivity index (χ0v) is 16.0. The summed E-state index contributed by atoms with van der Waals surface area (Å²) in [5.41, 5.74) is -0.0573. The SMILES string of the molecule is CN(C(=O)c1cc(NC(=O)c2cc(F)c(F)cc2Cl)[nH]n1)c1cccc(C(=O)O)c1. The molecule has 8 nitrogen and oxygen atoms in total. The minimum atomic E-state index is -1.24. The average Bonchev–Trinajstić information content (AvgIpc) is 3.18. The Bertz CT molecular complexity index is 1170. The third-order valence-corrected chi connectivity index (χ3v) is 4.40. The molecule has 0 saturated carbocycles. The number of hydrogen-bond donors (Lipinski definition) is 3. The van der Waals surface area contributed by atoms with E-state index in [4.69, 9.17) is 16.7 Å². The molecule has 0 aliphatic carbocycles. The third kappa shape index (κ3) is 4.28. The zero-order chi connectivity index (χ0) is 22.0. The van der Waals surface area contributed by atoms with E-state index in [0.29, 0.717) is 17.8 Å². The number of carbonyl (C=O) groups is 3. The van der Waals surface area contributed by atoms with Crippen molar-refractivity contribution in [1.29, 1.82) is 0 Å². The smallest absolute Gasteiger partial charge is 0.335 e. The molecule has 1 heterocycles. The van der Waals surface area contributed by atoms with Crippen LogP contribution in [-0.4, -0.2) is 40.1 Å². The summed E-state index contributed by atoms with van der Waals surface area (Å²) in [6, 6.07) is 8.30. The number of hydrogen-bond acceptors (Lipinski definition) is 4. The van der Waals surface area contributed by atoms with Crippen LogP contribution in [0.3, 0.4) is 0 Å². The largest absolute Gasteiger partial charge is 0.478 e. The van der Waals surface area contributed by atoms with Crippen molar-refractivity contribution in [2.75, 3.05) is 17.3 Å². The second-order valence-corrected chi connectivity index (χ2v) is 6.49. The van der Waals surface area contributed by atoms with Crippen LogP contribution in [0.1, 0.15) is 31.2 Å². The molecule has 0 fully saturated rings. The summed E-state index contributed by atoms with van der Waals surface area (Å²) in [4.78, 5) is 37.1. The molecule has 2 amide bonds. The van der Waals surface area contributed by atoms with Gasteiger partial charge in [0.25, 0.3) is 11.8 Å². The van der Waals surface area contributed by atoms with Crippen LogP contribution >= 0.6 is 11.6 Å². The van der Waals surface area contributed by atoms with E-state index in [0.717, 1.165) is 0 Å². The van der Waals surface area contributed by atoms with Gasteiger partial charge in [-0.3, -0.25) is 14.7 Å². The molecule has 0 aliphatic rings. The molecule has 0 unspecified atom stereocenters. The van der Waals surface area contributed by atoms with E-state index < -0.39 is 29.4 Å². The van der Waals surface area contributed by atoms with Gasteiger partial charge in [-0.25, -0.2) is 13.6 Å². The van der Waals surface area contributed by atoms with Crippen molar-refractivity contribution in [3.63, 3.8) is 0 Å². The normalized spacial score (nSPS) is 10.5. The van der Waals surface area contributed by atoms with Gasteiger partial charge in [0.15, 0.2) is 17.3 Å². The average molecular weight is 435 g/mol. The Balaban J connectivity index is 1.76. The maximum absolute atomic E-state index is 13.4. The number of benzene rings is 2. The van der Waals surface area contributed by atoms with Gasteiger partial charge in [0.05, 0.1) is 16.1 Å². The van der Waals surface area contributed by atoms with Gasteiger partial charge in [-0.2, -0.15) is 5.10 Å². The van der Waals surface area contributed by atoms with Crippen LogP contribution in [0, 0.1) is 11.6 Å². The summed E-state index contributed by atoms with van der Waals surface area (Å²) in [5.74, 6) is -4.99. The number of amides is 2. The van der Waals surface area contributed by atoms with Crippen molar-refractivity contribution in [3.05, 3.63) is 75.9 Å².